The molecule has 0 aliphatic carbocycles. The molecular weight excluding hydrogens is 456 g/mol. The quantitative estimate of drug-likeness (QED) is 0.448. The lowest BCUT2D eigenvalue weighted by Crippen LogP contribution is -2.41. The Morgan fingerprint density at radius 3 is 2.59 bits per heavy atom. The van der Waals surface area contributed by atoms with Gasteiger partial charge in [-0.1, -0.05) is 42.5 Å². The standard InChI is InChI=1S/C24H22N4O5S/c1-33-23(32)20-18(13-14-7-3-2-4-8-14)34-24(28-20)27-19(29)12-11-17-22(31)25-16-10-6-5-9-15(16)21(30)26-17/h2-10,17H,11-13H2,1H3,(H,25,31)(H,26,30)(H,27,28,29)/t17-/m1/s1. The molecule has 2 aromatic carbocycles. The second-order valence-corrected chi connectivity index (χ2v) is 8.68. The molecule has 1 aromatic heterocycles. The minimum absolute atomic E-state index is 0.0319. The van der Waals surface area contributed by atoms with Crippen LogP contribution in [-0.4, -0.2) is 41.8 Å². The minimum atomic E-state index is -0.860. The van der Waals surface area contributed by atoms with Crippen LogP contribution >= 0.6 is 11.3 Å². The van der Waals surface area contributed by atoms with E-state index in [0.29, 0.717) is 22.5 Å². The van der Waals surface area contributed by atoms with E-state index in [2.05, 4.69) is 20.9 Å². The number of carbonyl (C=O) groups is 4. The van der Waals surface area contributed by atoms with E-state index in [4.69, 9.17) is 4.74 Å². The molecule has 9 nitrogen and oxygen atoms in total. The van der Waals surface area contributed by atoms with Gasteiger partial charge in [0.2, 0.25) is 11.8 Å². The van der Waals surface area contributed by atoms with E-state index >= 15 is 0 Å². The number of carbonyl (C=O) groups excluding carboxylic acids is 4. The van der Waals surface area contributed by atoms with Crippen LogP contribution < -0.4 is 16.0 Å². The third-order valence-electron chi connectivity index (χ3n) is 5.24. The summed E-state index contributed by atoms with van der Waals surface area (Å²) in [6.07, 6.45) is 0.535. The fourth-order valence-electron chi connectivity index (χ4n) is 3.53. The summed E-state index contributed by atoms with van der Waals surface area (Å²) < 4.78 is 4.83. The zero-order valence-electron chi connectivity index (χ0n) is 18.3. The van der Waals surface area contributed by atoms with Crippen LogP contribution in [0.25, 0.3) is 0 Å². The molecule has 4 rings (SSSR count). The highest BCUT2D eigenvalue weighted by molar-refractivity contribution is 7.16. The summed E-state index contributed by atoms with van der Waals surface area (Å²) in [4.78, 5) is 54.6. The molecular formula is C24H22N4O5S. The van der Waals surface area contributed by atoms with Gasteiger partial charge in [0.1, 0.15) is 6.04 Å². The fourth-order valence-corrected chi connectivity index (χ4v) is 4.53. The number of nitrogens with zero attached hydrogens (tertiary/aromatic N) is 1. The normalized spacial score (nSPS) is 14.9. The molecule has 0 unspecified atom stereocenters. The lowest BCUT2D eigenvalue weighted by Gasteiger charge is -2.13. The minimum Gasteiger partial charge on any atom is -0.464 e. The SMILES string of the molecule is COC(=O)c1nc(NC(=O)CC[C@H]2NC(=O)c3ccccc3NC2=O)sc1Cc1ccccc1. The van der Waals surface area contributed by atoms with Crippen molar-refractivity contribution in [3.63, 3.8) is 0 Å². The van der Waals surface area contributed by atoms with Crippen molar-refractivity contribution in [2.45, 2.75) is 25.3 Å². The number of thiazole rings is 1. The summed E-state index contributed by atoms with van der Waals surface area (Å²) in [7, 11) is 1.27. The molecule has 0 saturated carbocycles. The smallest absolute Gasteiger partial charge is 0.357 e. The third-order valence-corrected chi connectivity index (χ3v) is 6.21. The third kappa shape index (κ3) is 5.29. The van der Waals surface area contributed by atoms with Crippen LogP contribution in [-0.2, 0) is 20.7 Å². The van der Waals surface area contributed by atoms with Gasteiger partial charge in [0, 0.05) is 17.7 Å². The highest BCUT2D eigenvalue weighted by Gasteiger charge is 2.28. The zero-order chi connectivity index (χ0) is 24.1. The van der Waals surface area contributed by atoms with E-state index in [-0.39, 0.29) is 35.5 Å². The number of aromatic nitrogens is 1. The van der Waals surface area contributed by atoms with Crippen LogP contribution in [0.1, 0.15) is 44.1 Å². The highest BCUT2D eigenvalue weighted by Crippen LogP contribution is 2.27. The average molecular weight is 479 g/mol. The number of amides is 3. The Morgan fingerprint density at radius 1 is 1.09 bits per heavy atom. The van der Waals surface area contributed by atoms with Crippen molar-refractivity contribution >= 4 is 45.8 Å². The van der Waals surface area contributed by atoms with Gasteiger partial charge in [0.25, 0.3) is 5.91 Å². The Balaban J connectivity index is 1.40. The summed E-state index contributed by atoms with van der Waals surface area (Å²) in [5.74, 6) is -1.74. The van der Waals surface area contributed by atoms with Crippen molar-refractivity contribution in [3.8, 4) is 0 Å². The predicted molar refractivity (Wildman–Crippen MR) is 127 cm³/mol. The fraction of sp³-hybridized carbons (Fsp3) is 0.208. The molecule has 0 saturated heterocycles. The maximum absolute atomic E-state index is 12.6. The number of benzene rings is 2. The Bertz CT molecular complexity index is 1240. The van der Waals surface area contributed by atoms with Gasteiger partial charge in [-0.15, -0.1) is 11.3 Å². The number of methoxy groups -OCH3 is 1. The van der Waals surface area contributed by atoms with Gasteiger partial charge in [-0.25, -0.2) is 9.78 Å². The van der Waals surface area contributed by atoms with Gasteiger partial charge >= 0.3 is 5.97 Å². The molecule has 3 N–H and O–H groups in total. The van der Waals surface area contributed by atoms with Crippen LogP contribution in [0.15, 0.2) is 54.6 Å². The topological polar surface area (TPSA) is 126 Å². The molecule has 1 atom stereocenters. The van der Waals surface area contributed by atoms with E-state index in [0.717, 1.165) is 5.56 Å². The molecule has 2 heterocycles. The summed E-state index contributed by atoms with van der Waals surface area (Å²) in [6, 6.07) is 15.4. The predicted octanol–water partition coefficient (Wildman–Crippen LogP) is 2.99. The monoisotopic (exact) mass is 478 g/mol. The second-order valence-electron chi connectivity index (χ2n) is 7.59. The second kappa shape index (κ2) is 10.3. The van der Waals surface area contributed by atoms with Crippen LogP contribution in [0.4, 0.5) is 10.8 Å². The molecule has 0 spiro atoms. The van der Waals surface area contributed by atoms with E-state index < -0.39 is 17.9 Å². The van der Waals surface area contributed by atoms with Crippen LogP contribution in [0, 0.1) is 0 Å². The number of nitrogens with one attached hydrogen (secondary N) is 3. The average Bonchev–Trinajstić information content (AvgIpc) is 3.18. The maximum Gasteiger partial charge on any atom is 0.357 e. The van der Waals surface area contributed by atoms with E-state index in [1.54, 1.807) is 24.3 Å². The molecule has 0 fully saturated rings. The lowest BCUT2D eigenvalue weighted by molar-refractivity contribution is -0.118. The number of rotatable bonds is 7. The van der Waals surface area contributed by atoms with Crippen molar-refractivity contribution < 1.29 is 23.9 Å². The molecule has 0 bridgehead atoms. The number of para-hydroxylation sites is 1. The van der Waals surface area contributed by atoms with E-state index in [1.165, 1.54) is 18.4 Å². The lowest BCUT2D eigenvalue weighted by atomic mass is 10.1. The summed E-state index contributed by atoms with van der Waals surface area (Å²) in [6.45, 7) is 0. The highest BCUT2D eigenvalue weighted by atomic mass is 32.1. The Hall–Kier alpha value is -4.05. The molecule has 0 radical (unpaired) electrons. The van der Waals surface area contributed by atoms with Gasteiger partial charge in [0.15, 0.2) is 10.8 Å². The van der Waals surface area contributed by atoms with Crippen molar-refractivity contribution in [2.24, 2.45) is 0 Å². The number of hydrogen-bond acceptors (Lipinski definition) is 7. The van der Waals surface area contributed by atoms with Crippen molar-refractivity contribution in [1.82, 2.24) is 10.3 Å². The summed E-state index contributed by atoms with van der Waals surface area (Å²) in [5, 5.41) is 8.32. The first-order valence-electron chi connectivity index (χ1n) is 10.6. The maximum atomic E-state index is 12.6. The van der Waals surface area contributed by atoms with Crippen molar-refractivity contribution in [1.29, 1.82) is 0 Å². The zero-order valence-corrected chi connectivity index (χ0v) is 19.1. The molecule has 3 amide bonds. The molecule has 34 heavy (non-hydrogen) atoms. The van der Waals surface area contributed by atoms with Crippen molar-refractivity contribution in [3.05, 3.63) is 76.3 Å². The van der Waals surface area contributed by atoms with Gasteiger partial charge in [-0.2, -0.15) is 0 Å². The molecule has 3 aromatic rings. The Morgan fingerprint density at radius 2 is 1.82 bits per heavy atom. The number of hydrogen-bond donors (Lipinski definition) is 3. The summed E-state index contributed by atoms with van der Waals surface area (Å²) in [5.41, 5.74) is 1.94. The Kier molecular flexibility index (Phi) is 6.98. The molecule has 1 aliphatic heterocycles. The first-order valence-corrected chi connectivity index (χ1v) is 11.4. The van der Waals surface area contributed by atoms with E-state index in [9.17, 15) is 19.2 Å². The van der Waals surface area contributed by atoms with Crippen LogP contribution in [0.3, 0.4) is 0 Å². The molecule has 1 aliphatic rings. The first kappa shape index (κ1) is 23.1. The van der Waals surface area contributed by atoms with Gasteiger partial charge < -0.3 is 20.7 Å². The van der Waals surface area contributed by atoms with Gasteiger partial charge in [-0.05, 0) is 24.1 Å². The van der Waals surface area contributed by atoms with Crippen LogP contribution in [0.2, 0.25) is 0 Å². The first-order chi connectivity index (χ1) is 16.4. The number of anilines is 2. The molecule has 174 valence electrons. The van der Waals surface area contributed by atoms with Crippen molar-refractivity contribution in [2.75, 3.05) is 17.7 Å². The van der Waals surface area contributed by atoms with Crippen LogP contribution in [0.5, 0.6) is 0 Å². The number of ether oxygens (including phenoxy) is 1. The van der Waals surface area contributed by atoms with E-state index in [1.807, 2.05) is 30.3 Å². The van der Waals surface area contributed by atoms with Gasteiger partial charge in [-0.3, -0.25) is 14.4 Å². The number of esters is 1. The summed E-state index contributed by atoms with van der Waals surface area (Å²) >= 11 is 1.19. The molecule has 10 heteroatoms. The van der Waals surface area contributed by atoms with Gasteiger partial charge in [0.05, 0.1) is 18.4 Å². The number of fused-ring (bicyclic) bond motifs is 1. The Labute approximate surface area is 199 Å². The largest absolute Gasteiger partial charge is 0.464 e.